The zero-order valence-electron chi connectivity index (χ0n) is 11.5. The maximum absolute atomic E-state index is 13.8. The summed E-state index contributed by atoms with van der Waals surface area (Å²) in [6.07, 6.45) is 0. The fourth-order valence-corrected chi connectivity index (χ4v) is 2.14. The van der Waals surface area contributed by atoms with Gasteiger partial charge >= 0.3 is 0 Å². The van der Waals surface area contributed by atoms with Gasteiger partial charge in [0, 0.05) is 11.0 Å². The van der Waals surface area contributed by atoms with E-state index in [0.29, 0.717) is 10.2 Å². The van der Waals surface area contributed by atoms with E-state index in [1.54, 1.807) is 12.1 Å². The van der Waals surface area contributed by atoms with Crippen molar-refractivity contribution < 1.29 is 9.13 Å². The zero-order valence-corrected chi connectivity index (χ0v) is 13.1. The summed E-state index contributed by atoms with van der Waals surface area (Å²) >= 11 is 3.23. The van der Waals surface area contributed by atoms with Crippen LogP contribution in [0.5, 0.6) is 11.5 Å². The average Bonchev–Trinajstić information content (AvgIpc) is 2.42. The summed E-state index contributed by atoms with van der Waals surface area (Å²) in [6, 6.07) is 10.8. The summed E-state index contributed by atoms with van der Waals surface area (Å²) in [5.41, 5.74) is 2.09. The van der Waals surface area contributed by atoms with Crippen LogP contribution in [0.1, 0.15) is 18.1 Å². The molecule has 0 radical (unpaired) electrons. The van der Waals surface area contributed by atoms with Gasteiger partial charge in [0.15, 0.2) is 11.6 Å². The van der Waals surface area contributed by atoms with Crippen molar-refractivity contribution in [2.45, 2.75) is 20.4 Å². The van der Waals surface area contributed by atoms with E-state index in [4.69, 9.17) is 4.74 Å². The molecule has 2 aromatic carbocycles. The summed E-state index contributed by atoms with van der Waals surface area (Å²) in [6.45, 7) is 5.69. The van der Waals surface area contributed by atoms with Crippen molar-refractivity contribution in [1.29, 1.82) is 0 Å². The summed E-state index contributed by atoms with van der Waals surface area (Å²) < 4.78 is 20.2. The minimum Gasteiger partial charge on any atom is -0.454 e. The Balaban J connectivity index is 2.23. The molecule has 0 aliphatic heterocycles. The van der Waals surface area contributed by atoms with Crippen molar-refractivity contribution in [2.24, 2.45) is 0 Å². The van der Waals surface area contributed by atoms with E-state index in [9.17, 15) is 4.39 Å². The van der Waals surface area contributed by atoms with Crippen LogP contribution in [-0.4, -0.2) is 6.54 Å². The molecule has 0 spiro atoms. The summed E-state index contributed by atoms with van der Waals surface area (Å²) in [7, 11) is 0. The molecular formula is C16H17BrFNO. The lowest BCUT2D eigenvalue weighted by Gasteiger charge is -2.12. The molecule has 2 rings (SSSR count). The van der Waals surface area contributed by atoms with Crippen molar-refractivity contribution in [3.63, 3.8) is 0 Å². The molecule has 0 heterocycles. The first-order valence-electron chi connectivity index (χ1n) is 6.53. The van der Waals surface area contributed by atoms with Gasteiger partial charge in [0.25, 0.3) is 0 Å². The quantitative estimate of drug-likeness (QED) is 0.846. The molecule has 0 atom stereocenters. The zero-order chi connectivity index (χ0) is 14.5. The van der Waals surface area contributed by atoms with E-state index in [1.807, 2.05) is 25.1 Å². The Kier molecular flexibility index (Phi) is 5.15. The van der Waals surface area contributed by atoms with Crippen molar-refractivity contribution >= 4 is 15.9 Å². The molecule has 0 saturated heterocycles. The molecule has 0 aromatic heterocycles. The SMILES string of the molecule is CCNCc1ccc(C)c(Oc2ccc(Br)cc2F)c1. The molecule has 0 fully saturated rings. The molecule has 1 N–H and O–H groups in total. The van der Waals surface area contributed by atoms with E-state index in [2.05, 4.69) is 28.2 Å². The number of aryl methyl sites for hydroxylation is 1. The Morgan fingerprint density at radius 3 is 2.65 bits per heavy atom. The van der Waals surface area contributed by atoms with E-state index >= 15 is 0 Å². The second-order valence-electron chi connectivity index (χ2n) is 4.56. The van der Waals surface area contributed by atoms with Gasteiger partial charge in [-0.25, -0.2) is 4.39 Å². The average molecular weight is 338 g/mol. The number of hydrogen-bond donors (Lipinski definition) is 1. The lowest BCUT2D eigenvalue weighted by Crippen LogP contribution is -2.11. The molecule has 0 bridgehead atoms. The lowest BCUT2D eigenvalue weighted by molar-refractivity contribution is 0.438. The van der Waals surface area contributed by atoms with Gasteiger partial charge in [-0.05, 0) is 48.9 Å². The van der Waals surface area contributed by atoms with Crippen LogP contribution in [0.4, 0.5) is 4.39 Å². The number of nitrogens with one attached hydrogen (secondary N) is 1. The van der Waals surface area contributed by atoms with Gasteiger partial charge in [-0.3, -0.25) is 0 Å². The summed E-state index contributed by atoms with van der Waals surface area (Å²) in [5, 5.41) is 3.26. The molecule has 20 heavy (non-hydrogen) atoms. The fraction of sp³-hybridized carbons (Fsp3) is 0.250. The third-order valence-electron chi connectivity index (χ3n) is 2.95. The smallest absolute Gasteiger partial charge is 0.166 e. The Labute approximate surface area is 127 Å². The van der Waals surface area contributed by atoms with Crippen LogP contribution < -0.4 is 10.1 Å². The number of hydrogen-bond acceptors (Lipinski definition) is 2. The molecular weight excluding hydrogens is 321 g/mol. The van der Waals surface area contributed by atoms with Gasteiger partial charge in [0.1, 0.15) is 5.75 Å². The Bertz CT molecular complexity index is 601. The minimum atomic E-state index is -0.379. The molecule has 0 aliphatic carbocycles. The normalized spacial score (nSPS) is 10.6. The van der Waals surface area contributed by atoms with Crippen LogP contribution in [-0.2, 0) is 6.54 Å². The largest absolute Gasteiger partial charge is 0.454 e. The lowest BCUT2D eigenvalue weighted by atomic mass is 10.1. The number of ether oxygens (including phenoxy) is 1. The molecule has 106 valence electrons. The molecule has 0 amide bonds. The minimum absolute atomic E-state index is 0.233. The van der Waals surface area contributed by atoms with E-state index in [0.717, 1.165) is 24.2 Å². The van der Waals surface area contributed by atoms with E-state index < -0.39 is 0 Å². The van der Waals surface area contributed by atoms with Crippen LogP contribution >= 0.6 is 15.9 Å². The third kappa shape index (κ3) is 3.81. The highest BCUT2D eigenvalue weighted by Gasteiger charge is 2.08. The molecule has 4 heteroatoms. The molecule has 0 unspecified atom stereocenters. The number of halogens is 2. The molecule has 2 nitrogen and oxygen atoms in total. The van der Waals surface area contributed by atoms with E-state index in [1.165, 1.54) is 6.07 Å². The standard InChI is InChI=1S/C16H17BrFNO/c1-3-19-10-12-5-4-11(2)16(8-12)20-15-7-6-13(17)9-14(15)18/h4-9,19H,3,10H2,1-2H3. The Hall–Kier alpha value is -1.39. The topological polar surface area (TPSA) is 21.3 Å². The fourth-order valence-electron chi connectivity index (χ4n) is 1.81. The first-order chi connectivity index (χ1) is 9.60. The molecule has 0 saturated carbocycles. The van der Waals surface area contributed by atoms with Crippen LogP contribution in [0.15, 0.2) is 40.9 Å². The monoisotopic (exact) mass is 337 g/mol. The van der Waals surface area contributed by atoms with Crippen molar-refractivity contribution in [3.8, 4) is 11.5 Å². The van der Waals surface area contributed by atoms with Gasteiger partial charge in [0.05, 0.1) is 0 Å². The number of rotatable bonds is 5. The van der Waals surface area contributed by atoms with Crippen molar-refractivity contribution in [2.75, 3.05) is 6.54 Å². The highest BCUT2D eigenvalue weighted by molar-refractivity contribution is 9.10. The predicted molar refractivity (Wildman–Crippen MR) is 82.7 cm³/mol. The van der Waals surface area contributed by atoms with Crippen LogP contribution in [0.25, 0.3) is 0 Å². The summed E-state index contributed by atoms with van der Waals surface area (Å²) in [4.78, 5) is 0. The van der Waals surface area contributed by atoms with Crippen molar-refractivity contribution in [3.05, 3.63) is 57.8 Å². The van der Waals surface area contributed by atoms with Gasteiger partial charge in [-0.2, -0.15) is 0 Å². The first-order valence-corrected chi connectivity index (χ1v) is 7.32. The second-order valence-corrected chi connectivity index (χ2v) is 5.47. The highest BCUT2D eigenvalue weighted by atomic mass is 79.9. The first kappa shape index (κ1) is 15.0. The van der Waals surface area contributed by atoms with Crippen LogP contribution in [0, 0.1) is 12.7 Å². The van der Waals surface area contributed by atoms with Crippen LogP contribution in [0.2, 0.25) is 0 Å². The van der Waals surface area contributed by atoms with Crippen LogP contribution in [0.3, 0.4) is 0 Å². The maximum Gasteiger partial charge on any atom is 0.166 e. The van der Waals surface area contributed by atoms with Gasteiger partial charge < -0.3 is 10.1 Å². The Morgan fingerprint density at radius 1 is 1.15 bits per heavy atom. The number of benzene rings is 2. The van der Waals surface area contributed by atoms with Gasteiger partial charge in [0.2, 0.25) is 0 Å². The third-order valence-corrected chi connectivity index (χ3v) is 3.44. The predicted octanol–water partition coefficient (Wildman–Crippen LogP) is 4.80. The Morgan fingerprint density at radius 2 is 1.95 bits per heavy atom. The van der Waals surface area contributed by atoms with E-state index in [-0.39, 0.29) is 11.6 Å². The second kappa shape index (κ2) is 6.86. The highest BCUT2D eigenvalue weighted by Crippen LogP contribution is 2.29. The van der Waals surface area contributed by atoms with Gasteiger partial charge in [-0.15, -0.1) is 0 Å². The van der Waals surface area contributed by atoms with Crippen molar-refractivity contribution in [1.82, 2.24) is 5.32 Å². The molecule has 0 aliphatic rings. The van der Waals surface area contributed by atoms with Gasteiger partial charge in [-0.1, -0.05) is 35.0 Å². The maximum atomic E-state index is 13.8. The molecule has 2 aromatic rings. The summed E-state index contributed by atoms with van der Waals surface area (Å²) in [5.74, 6) is 0.536.